The maximum atomic E-state index is 13.0. The molecule has 124 valence electrons. The first kappa shape index (κ1) is 16.4. The number of hydrogen-bond acceptors (Lipinski definition) is 4. The zero-order chi connectivity index (χ0) is 18.0. The number of esters is 1. The van der Waals surface area contributed by atoms with Gasteiger partial charge in [0.25, 0.3) is 0 Å². The number of aromatic carboxylic acids is 1. The van der Waals surface area contributed by atoms with Crippen molar-refractivity contribution in [1.29, 1.82) is 0 Å². The van der Waals surface area contributed by atoms with Crippen LogP contribution in [-0.2, 0) is 4.74 Å². The molecule has 0 saturated heterocycles. The first-order chi connectivity index (χ1) is 12.0. The first-order valence-electron chi connectivity index (χ1n) is 7.50. The van der Waals surface area contributed by atoms with Gasteiger partial charge in [-0.3, -0.25) is 4.79 Å². The fourth-order valence-corrected chi connectivity index (χ4v) is 2.70. The lowest BCUT2D eigenvalue weighted by atomic mass is 9.95. The molecule has 0 amide bonds. The lowest BCUT2D eigenvalue weighted by Crippen LogP contribution is -2.10. The van der Waals surface area contributed by atoms with E-state index in [0.29, 0.717) is 5.56 Å². The van der Waals surface area contributed by atoms with Gasteiger partial charge in [-0.2, -0.15) is 0 Å². The Hall–Kier alpha value is -3.47. The van der Waals surface area contributed by atoms with Crippen molar-refractivity contribution in [1.82, 2.24) is 0 Å². The predicted molar refractivity (Wildman–Crippen MR) is 92.1 cm³/mol. The number of carboxylic acids is 1. The summed E-state index contributed by atoms with van der Waals surface area (Å²) in [4.78, 5) is 36.1. The monoisotopic (exact) mass is 334 g/mol. The predicted octanol–water partition coefficient (Wildman–Crippen LogP) is 3.56. The highest BCUT2D eigenvalue weighted by molar-refractivity contribution is 6.17. The van der Waals surface area contributed by atoms with Crippen LogP contribution < -0.4 is 0 Å². The second-order valence-electron chi connectivity index (χ2n) is 5.45. The van der Waals surface area contributed by atoms with E-state index in [9.17, 15) is 19.5 Å². The van der Waals surface area contributed by atoms with Gasteiger partial charge in [-0.1, -0.05) is 42.5 Å². The van der Waals surface area contributed by atoms with E-state index in [1.807, 2.05) is 30.3 Å². The van der Waals surface area contributed by atoms with Gasteiger partial charge < -0.3 is 9.84 Å². The quantitative estimate of drug-likeness (QED) is 0.583. The Labute approximate surface area is 143 Å². The highest BCUT2D eigenvalue weighted by Gasteiger charge is 2.18. The van der Waals surface area contributed by atoms with Gasteiger partial charge in [0.15, 0.2) is 5.78 Å². The molecule has 0 unspecified atom stereocenters. The van der Waals surface area contributed by atoms with Crippen molar-refractivity contribution >= 4 is 28.5 Å². The number of rotatable bonds is 4. The summed E-state index contributed by atoms with van der Waals surface area (Å²) in [5.74, 6) is -2.28. The lowest BCUT2D eigenvalue weighted by molar-refractivity contribution is 0.0600. The maximum Gasteiger partial charge on any atom is 0.337 e. The second kappa shape index (κ2) is 6.57. The molecule has 0 aliphatic heterocycles. The minimum absolute atomic E-state index is 0.0194. The molecular formula is C20H14O5. The maximum absolute atomic E-state index is 13.0. The molecular weight excluding hydrogens is 320 g/mol. The molecule has 25 heavy (non-hydrogen) atoms. The lowest BCUT2D eigenvalue weighted by Gasteiger charge is -2.08. The van der Waals surface area contributed by atoms with E-state index < -0.39 is 11.9 Å². The molecule has 0 heterocycles. The Morgan fingerprint density at radius 2 is 1.48 bits per heavy atom. The number of methoxy groups -OCH3 is 1. The summed E-state index contributed by atoms with van der Waals surface area (Å²) in [6.07, 6.45) is 0. The second-order valence-corrected chi connectivity index (χ2v) is 5.45. The average Bonchev–Trinajstić information content (AvgIpc) is 2.65. The molecule has 0 saturated carbocycles. The molecule has 5 nitrogen and oxygen atoms in total. The summed E-state index contributed by atoms with van der Waals surface area (Å²) in [5.41, 5.74) is 0.436. The Morgan fingerprint density at radius 3 is 2.20 bits per heavy atom. The first-order valence-corrected chi connectivity index (χ1v) is 7.50. The SMILES string of the molecule is COC(=O)c1cc(C(=O)O)cc(C(=O)c2cccc3ccccc23)c1. The number of benzene rings is 3. The topological polar surface area (TPSA) is 80.7 Å². The number of fused-ring (bicyclic) bond motifs is 1. The third kappa shape index (κ3) is 3.12. The zero-order valence-electron chi connectivity index (χ0n) is 13.4. The van der Waals surface area contributed by atoms with Crippen LogP contribution in [-0.4, -0.2) is 29.9 Å². The Bertz CT molecular complexity index is 999. The van der Waals surface area contributed by atoms with Crippen LogP contribution in [0, 0.1) is 0 Å². The Morgan fingerprint density at radius 1 is 0.840 bits per heavy atom. The van der Waals surface area contributed by atoms with Gasteiger partial charge >= 0.3 is 11.9 Å². The standard InChI is InChI=1S/C20H14O5/c1-25-20(24)15-10-13(9-14(11-15)19(22)23)18(21)17-8-4-6-12-5-2-3-7-16(12)17/h2-11H,1H3,(H,22,23). The van der Waals surface area contributed by atoms with Crippen LogP contribution in [0.1, 0.15) is 36.6 Å². The number of ether oxygens (including phenoxy) is 1. The highest BCUT2D eigenvalue weighted by Crippen LogP contribution is 2.23. The van der Waals surface area contributed by atoms with E-state index in [4.69, 9.17) is 0 Å². The molecule has 0 atom stereocenters. The minimum Gasteiger partial charge on any atom is -0.478 e. The summed E-state index contributed by atoms with van der Waals surface area (Å²) < 4.78 is 4.64. The molecule has 0 spiro atoms. The van der Waals surface area contributed by atoms with Crippen LogP contribution in [0.2, 0.25) is 0 Å². The van der Waals surface area contributed by atoms with Gasteiger partial charge in [0.1, 0.15) is 0 Å². The molecule has 0 aromatic heterocycles. The van der Waals surface area contributed by atoms with Gasteiger partial charge in [0, 0.05) is 11.1 Å². The number of ketones is 1. The van der Waals surface area contributed by atoms with Crippen molar-refractivity contribution in [3.8, 4) is 0 Å². The molecule has 1 N–H and O–H groups in total. The van der Waals surface area contributed by atoms with Crippen molar-refractivity contribution in [2.24, 2.45) is 0 Å². The Balaban J connectivity index is 2.17. The van der Waals surface area contributed by atoms with Crippen molar-refractivity contribution in [3.63, 3.8) is 0 Å². The van der Waals surface area contributed by atoms with Gasteiger partial charge in [-0.05, 0) is 29.0 Å². The highest BCUT2D eigenvalue weighted by atomic mass is 16.5. The molecule has 0 aliphatic carbocycles. The van der Waals surface area contributed by atoms with E-state index >= 15 is 0 Å². The van der Waals surface area contributed by atoms with Crippen LogP contribution in [0.4, 0.5) is 0 Å². The molecule has 5 heteroatoms. The molecule has 0 aliphatic rings. The summed E-state index contributed by atoms with van der Waals surface area (Å²) in [6, 6.07) is 16.5. The van der Waals surface area contributed by atoms with Crippen LogP contribution in [0.3, 0.4) is 0 Å². The third-order valence-corrected chi connectivity index (χ3v) is 3.90. The van der Waals surface area contributed by atoms with E-state index in [-0.39, 0.29) is 22.5 Å². The van der Waals surface area contributed by atoms with Crippen molar-refractivity contribution in [2.45, 2.75) is 0 Å². The number of carbonyl (C=O) groups is 3. The van der Waals surface area contributed by atoms with E-state index in [0.717, 1.165) is 10.8 Å². The van der Waals surface area contributed by atoms with Crippen LogP contribution in [0.15, 0.2) is 60.7 Å². The zero-order valence-corrected chi connectivity index (χ0v) is 13.4. The van der Waals surface area contributed by atoms with E-state index in [1.165, 1.54) is 25.3 Å². The smallest absolute Gasteiger partial charge is 0.337 e. The summed E-state index contributed by atoms with van der Waals surface area (Å²) in [6.45, 7) is 0. The van der Waals surface area contributed by atoms with Gasteiger partial charge in [-0.25, -0.2) is 9.59 Å². The average molecular weight is 334 g/mol. The molecule has 0 fully saturated rings. The van der Waals surface area contributed by atoms with Gasteiger partial charge in [0.05, 0.1) is 18.2 Å². The minimum atomic E-state index is -1.22. The van der Waals surface area contributed by atoms with Crippen LogP contribution >= 0.6 is 0 Å². The number of carboxylic acid groups (broad SMARTS) is 1. The fourth-order valence-electron chi connectivity index (χ4n) is 2.70. The molecule has 3 rings (SSSR count). The molecule has 0 bridgehead atoms. The fraction of sp³-hybridized carbons (Fsp3) is 0.0500. The van der Waals surface area contributed by atoms with Crippen molar-refractivity contribution in [2.75, 3.05) is 7.11 Å². The van der Waals surface area contributed by atoms with Crippen molar-refractivity contribution < 1.29 is 24.2 Å². The van der Waals surface area contributed by atoms with E-state index in [2.05, 4.69) is 4.74 Å². The normalized spacial score (nSPS) is 10.4. The largest absolute Gasteiger partial charge is 0.478 e. The van der Waals surface area contributed by atoms with Crippen LogP contribution in [0.5, 0.6) is 0 Å². The Kier molecular flexibility index (Phi) is 4.31. The number of carbonyl (C=O) groups excluding carboxylic acids is 2. The van der Waals surface area contributed by atoms with E-state index in [1.54, 1.807) is 12.1 Å². The summed E-state index contributed by atoms with van der Waals surface area (Å²) >= 11 is 0. The number of hydrogen-bond donors (Lipinski definition) is 1. The van der Waals surface area contributed by atoms with Crippen LogP contribution in [0.25, 0.3) is 10.8 Å². The molecule has 0 radical (unpaired) electrons. The molecule has 3 aromatic rings. The molecule has 3 aromatic carbocycles. The van der Waals surface area contributed by atoms with Crippen molar-refractivity contribution in [3.05, 3.63) is 82.9 Å². The third-order valence-electron chi connectivity index (χ3n) is 3.90. The van der Waals surface area contributed by atoms with Gasteiger partial charge in [-0.15, -0.1) is 0 Å². The summed E-state index contributed by atoms with van der Waals surface area (Å²) in [5, 5.41) is 10.9. The van der Waals surface area contributed by atoms with Gasteiger partial charge in [0.2, 0.25) is 0 Å². The summed E-state index contributed by atoms with van der Waals surface area (Å²) in [7, 11) is 1.20.